The molecule has 6 heteroatoms. The fourth-order valence-corrected chi connectivity index (χ4v) is 1.86. The van der Waals surface area contributed by atoms with Gasteiger partial charge in [0.15, 0.2) is 0 Å². The molecule has 0 saturated carbocycles. The number of rotatable bonds is 7. The minimum atomic E-state index is 0.374. The summed E-state index contributed by atoms with van der Waals surface area (Å²) in [6.07, 6.45) is 3.30. The highest BCUT2D eigenvalue weighted by Gasteiger charge is 2.03. The molecular formula is C15H16N4O2. The smallest absolute Gasteiger partial charge is 0.335 e. The Morgan fingerprint density at radius 1 is 1.14 bits per heavy atom. The number of ether oxygens (including phenoxy) is 1. The molecule has 3 rings (SSSR count). The number of furan rings is 1. The van der Waals surface area contributed by atoms with Gasteiger partial charge in [0.2, 0.25) is 0 Å². The fraction of sp³-hybridized carbons (Fsp3) is 0.200. The van der Waals surface area contributed by atoms with E-state index in [0.29, 0.717) is 25.7 Å². The maximum absolute atomic E-state index is 5.49. The van der Waals surface area contributed by atoms with E-state index in [2.05, 4.69) is 15.4 Å². The molecular weight excluding hydrogens is 268 g/mol. The number of para-hydroxylation sites is 1. The van der Waals surface area contributed by atoms with Gasteiger partial charge >= 0.3 is 6.01 Å². The number of hydrogen-bond acceptors (Lipinski definition) is 5. The minimum Gasteiger partial charge on any atom is -0.468 e. The largest absolute Gasteiger partial charge is 0.468 e. The first-order valence-electron chi connectivity index (χ1n) is 6.75. The molecule has 6 nitrogen and oxygen atoms in total. The Hall–Kier alpha value is -2.60. The molecule has 0 unspecified atom stereocenters. The van der Waals surface area contributed by atoms with Crippen molar-refractivity contribution in [2.24, 2.45) is 0 Å². The Morgan fingerprint density at radius 2 is 2.05 bits per heavy atom. The summed E-state index contributed by atoms with van der Waals surface area (Å²) < 4.78 is 12.4. The van der Waals surface area contributed by atoms with Crippen molar-refractivity contribution in [1.29, 1.82) is 0 Å². The normalized spacial score (nSPS) is 10.7. The monoisotopic (exact) mass is 284 g/mol. The molecule has 1 N–H and O–H groups in total. The van der Waals surface area contributed by atoms with E-state index in [1.165, 1.54) is 0 Å². The third kappa shape index (κ3) is 3.70. The molecule has 2 aromatic heterocycles. The zero-order valence-electron chi connectivity index (χ0n) is 11.5. The molecule has 0 aliphatic carbocycles. The van der Waals surface area contributed by atoms with Crippen LogP contribution in [-0.2, 0) is 6.54 Å². The first-order chi connectivity index (χ1) is 10.4. The van der Waals surface area contributed by atoms with E-state index in [1.807, 2.05) is 42.5 Å². The molecule has 0 fully saturated rings. The average molecular weight is 284 g/mol. The lowest BCUT2D eigenvalue weighted by Crippen LogP contribution is -2.20. The highest BCUT2D eigenvalue weighted by molar-refractivity contribution is 5.29. The Kier molecular flexibility index (Phi) is 4.28. The number of benzene rings is 1. The van der Waals surface area contributed by atoms with E-state index in [9.17, 15) is 0 Å². The van der Waals surface area contributed by atoms with Crippen molar-refractivity contribution < 1.29 is 9.15 Å². The van der Waals surface area contributed by atoms with Crippen LogP contribution in [0.25, 0.3) is 5.69 Å². The molecule has 108 valence electrons. The van der Waals surface area contributed by atoms with Crippen LogP contribution in [0.3, 0.4) is 0 Å². The fourth-order valence-electron chi connectivity index (χ4n) is 1.86. The van der Waals surface area contributed by atoms with Gasteiger partial charge in [-0.1, -0.05) is 18.2 Å². The van der Waals surface area contributed by atoms with Gasteiger partial charge in [-0.05, 0) is 24.3 Å². The van der Waals surface area contributed by atoms with Crippen LogP contribution >= 0.6 is 0 Å². The minimum absolute atomic E-state index is 0.374. The van der Waals surface area contributed by atoms with Crippen LogP contribution in [-0.4, -0.2) is 27.9 Å². The molecule has 0 saturated heterocycles. The summed E-state index contributed by atoms with van der Waals surface area (Å²) in [7, 11) is 0. The first kappa shape index (κ1) is 13.4. The predicted octanol–water partition coefficient (Wildman–Crippen LogP) is 2.03. The Balaban J connectivity index is 1.43. The Bertz CT molecular complexity index is 649. The lowest BCUT2D eigenvalue weighted by molar-refractivity contribution is 0.288. The lowest BCUT2D eigenvalue weighted by atomic mass is 10.3. The van der Waals surface area contributed by atoms with Crippen molar-refractivity contribution in [2.45, 2.75) is 6.54 Å². The molecule has 0 atom stereocenters. The molecule has 2 heterocycles. The van der Waals surface area contributed by atoms with Crippen molar-refractivity contribution in [3.8, 4) is 11.7 Å². The zero-order valence-corrected chi connectivity index (χ0v) is 11.5. The van der Waals surface area contributed by atoms with E-state index in [4.69, 9.17) is 9.15 Å². The molecule has 3 aromatic rings. The summed E-state index contributed by atoms with van der Waals surface area (Å²) >= 11 is 0. The van der Waals surface area contributed by atoms with Crippen LogP contribution < -0.4 is 10.1 Å². The summed E-state index contributed by atoms with van der Waals surface area (Å²) in [6.45, 7) is 1.88. The van der Waals surface area contributed by atoms with Crippen molar-refractivity contribution in [3.05, 3.63) is 60.8 Å². The molecule has 0 aliphatic heterocycles. The molecule has 21 heavy (non-hydrogen) atoms. The second kappa shape index (κ2) is 6.71. The van der Waals surface area contributed by atoms with Crippen LogP contribution in [0.1, 0.15) is 5.76 Å². The number of nitrogens with zero attached hydrogens (tertiary/aromatic N) is 3. The van der Waals surface area contributed by atoms with Crippen LogP contribution in [0, 0.1) is 0 Å². The van der Waals surface area contributed by atoms with Gasteiger partial charge in [0.1, 0.15) is 18.7 Å². The first-order valence-corrected chi connectivity index (χ1v) is 6.75. The van der Waals surface area contributed by atoms with Gasteiger partial charge in [-0.2, -0.15) is 4.98 Å². The van der Waals surface area contributed by atoms with E-state index >= 15 is 0 Å². The number of aromatic nitrogens is 3. The molecule has 0 radical (unpaired) electrons. The molecule has 1 aromatic carbocycles. The quantitative estimate of drug-likeness (QED) is 0.672. The SMILES string of the molecule is c1ccc(-n2cnc(OCCNCc3ccco3)n2)cc1. The van der Waals surface area contributed by atoms with E-state index in [1.54, 1.807) is 17.3 Å². The lowest BCUT2D eigenvalue weighted by Gasteiger charge is -2.03. The van der Waals surface area contributed by atoms with Crippen molar-refractivity contribution in [1.82, 2.24) is 20.1 Å². The van der Waals surface area contributed by atoms with Crippen molar-refractivity contribution in [3.63, 3.8) is 0 Å². The third-order valence-electron chi connectivity index (χ3n) is 2.88. The van der Waals surface area contributed by atoms with E-state index in [-0.39, 0.29) is 0 Å². The number of nitrogens with one attached hydrogen (secondary N) is 1. The van der Waals surface area contributed by atoms with Crippen molar-refractivity contribution >= 4 is 0 Å². The van der Waals surface area contributed by atoms with Gasteiger partial charge in [-0.3, -0.25) is 0 Å². The van der Waals surface area contributed by atoms with Gasteiger partial charge in [0, 0.05) is 6.54 Å². The van der Waals surface area contributed by atoms with Gasteiger partial charge in [0.05, 0.1) is 18.5 Å². The highest BCUT2D eigenvalue weighted by atomic mass is 16.5. The predicted molar refractivity (Wildman–Crippen MR) is 77.3 cm³/mol. The Morgan fingerprint density at radius 3 is 2.86 bits per heavy atom. The van der Waals surface area contributed by atoms with E-state index in [0.717, 1.165) is 11.4 Å². The summed E-state index contributed by atoms with van der Waals surface area (Å²) in [5.74, 6) is 0.904. The second-order valence-corrected chi connectivity index (χ2v) is 4.41. The molecule has 0 bridgehead atoms. The average Bonchev–Trinajstić information content (AvgIpc) is 3.19. The van der Waals surface area contributed by atoms with Crippen LogP contribution in [0.2, 0.25) is 0 Å². The standard InChI is InChI=1S/C15H16N4O2/c1-2-5-13(6-3-1)19-12-17-15(18-19)21-10-8-16-11-14-7-4-9-20-14/h1-7,9,12,16H,8,10-11H2. The highest BCUT2D eigenvalue weighted by Crippen LogP contribution is 2.07. The van der Waals surface area contributed by atoms with Crippen LogP contribution in [0.15, 0.2) is 59.5 Å². The molecule has 0 spiro atoms. The Labute approximate surface area is 122 Å². The zero-order chi connectivity index (χ0) is 14.3. The summed E-state index contributed by atoms with van der Waals surface area (Å²) in [6, 6.07) is 14.0. The third-order valence-corrected chi connectivity index (χ3v) is 2.88. The second-order valence-electron chi connectivity index (χ2n) is 4.41. The van der Waals surface area contributed by atoms with Gasteiger partial charge in [-0.15, -0.1) is 5.10 Å². The van der Waals surface area contributed by atoms with Crippen LogP contribution in [0.4, 0.5) is 0 Å². The number of hydrogen-bond donors (Lipinski definition) is 1. The van der Waals surface area contributed by atoms with Gasteiger partial charge < -0.3 is 14.5 Å². The van der Waals surface area contributed by atoms with Gasteiger partial charge in [0.25, 0.3) is 0 Å². The summed E-state index contributed by atoms with van der Waals surface area (Å²) in [5.41, 5.74) is 0.954. The van der Waals surface area contributed by atoms with Gasteiger partial charge in [-0.25, -0.2) is 4.68 Å². The summed E-state index contributed by atoms with van der Waals surface area (Å²) in [4.78, 5) is 4.12. The summed E-state index contributed by atoms with van der Waals surface area (Å²) in [5, 5.41) is 7.48. The van der Waals surface area contributed by atoms with Crippen molar-refractivity contribution in [2.75, 3.05) is 13.2 Å². The maximum Gasteiger partial charge on any atom is 0.335 e. The maximum atomic E-state index is 5.49. The molecule has 0 aliphatic rings. The topological polar surface area (TPSA) is 65.1 Å². The molecule has 0 amide bonds. The van der Waals surface area contributed by atoms with Crippen LogP contribution in [0.5, 0.6) is 6.01 Å². The van der Waals surface area contributed by atoms with E-state index < -0.39 is 0 Å².